The number of piperidine rings is 1. The molecular weight excluding hydrogens is 290 g/mol. The molecule has 3 aliphatic rings. The molecule has 4 heterocycles. The van der Waals surface area contributed by atoms with Crippen molar-refractivity contribution in [3.05, 3.63) is 29.6 Å². The molecule has 124 valence electrons. The fraction of sp³-hybridized carbons (Fsp3) is 0.667. The van der Waals surface area contributed by atoms with Crippen LogP contribution in [0.25, 0.3) is 0 Å². The summed E-state index contributed by atoms with van der Waals surface area (Å²) >= 11 is 0. The van der Waals surface area contributed by atoms with Gasteiger partial charge in [-0.2, -0.15) is 0 Å². The zero-order valence-electron chi connectivity index (χ0n) is 13.7. The fourth-order valence-corrected chi connectivity index (χ4v) is 4.02. The van der Waals surface area contributed by atoms with Crippen molar-refractivity contribution >= 4 is 5.91 Å². The number of carbonyl (C=O) groups is 1. The minimum Gasteiger partial charge on any atom is -0.488 e. The predicted molar refractivity (Wildman–Crippen MR) is 87.0 cm³/mol. The first-order valence-electron chi connectivity index (χ1n) is 8.99. The highest BCUT2D eigenvalue weighted by Crippen LogP contribution is 2.30. The smallest absolute Gasteiger partial charge is 0.288 e. The molecule has 0 saturated carbocycles. The van der Waals surface area contributed by atoms with E-state index >= 15 is 0 Å². The summed E-state index contributed by atoms with van der Waals surface area (Å²) < 4.78 is 7.96. The van der Waals surface area contributed by atoms with E-state index in [9.17, 15) is 4.79 Å². The minimum atomic E-state index is 0.0693. The van der Waals surface area contributed by atoms with Gasteiger partial charge in [-0.05, 0) is 51.0 Å². The molecule has 1 fully saturated rings. The van der Waals surface area contributed by atoms with E-state index in [-0.39, 0.29) is 5.91 Å². The summed E-state index contributed by atoms with van der Waals surface area (Å²) in [7, 11) is 0. The van der Waals surface area contributed by atoms with Crippen molar-refractivity contribution in [2.24, 2.45) is 0 Å². The molecule has 0 aliphatic carbocycles. The Hall–Kier alpha value is -1.78. The number of allylic oxidation sites excluding steroid dienone is 1. The monoisotopic (exact) mass is 315 g/mol. The van der Waals surface area contributed by atoms with E-state index in [0.717, 1.165) is 51.7 Å². The standard InChI is InChI=1S/C18H25N3O2/c22-18(16-8-2-4-11-23-16)20-9-5-6-14(13-20)17-19-12-15-7-1-3-10-21(15)17/h8,12,14H,1-7,9-11,13H2/t14-/m0/s1. The summed E-state index contributed by atoms with van der Waals surface area (Å²) in [4.78, 5) is 19.3. The average molecular weight is 315 g/mol. The van der Waals surface area contributed by atoms with Crippen molar-refractivity contribution in [2.75, 3.05) is 19.7 Å². The van der Waals surface area contributed by atoms with Gasteiger partial charge in [0.05, 0.1) is 6.61 Å². The van der Waals surface area contributed by atoms with E-state index in [0.29, 0.717) is 18.3 Å². The SMILES string of the molecule is O=C(C1=CCCCO1)N1CCC[C@H](c2ncc3n2CCCC3)C1. The number of hydrogen-bond acceptors (Lipinski definition) is 3. The van der Waals surface area contributed by atoms with Crippen LogP contribution in [-0.4, -0.2) is 40.1 Å². The summed E-state index contributed by atoms with van der Waals surface area (Å²) in [6.45, 7) is 3.37. The third-order valence-corrected chi connectivity index (χ3v) is 5.25. The zero-order valence-corrected chi connectivity index (χ0v) is 13.7. The van der Waals surface area contributed by atoms with Crippen molar-refractivity contribution in [3.8, 4) is 0 Å². The molecule has 0 aromatic carbocycles. The number of likely N-dealkylation sites (tertiary alicyclic amines) is 1. The van der Waals surface area contributed by atoms with E-state index in [1.807, 2.05) is 17.2 Å². The van der Waals surface area contributed by atoms with E-state index in [2.05, 4.69) is 4.57 Å². The molecule has 1 aromatic rings. The lowest BCUT2D eigenvalue weighted by molar-refractivity contribution is -0.132. The van der Waals surface area contributed by atoms with E-state index in [4.69, 9.17) is 9.72 Å². The second-order valence-corrected chi connectivity index (χ2v) is 6.87. The number of hydrogen-bond donors (Lipinski definition) is 0. The van der Waals surface area contributed by atoms with Crippen LogP contribution in [0.15, 0.2) is 18.0 Å². The number of nitrogens with zero attached hydrogens (tertiary/aromatic N) is 3. The van der Waals surface area contributed by atoms with Crippen molar-refractivity contribution in [1.82, 2.24) is 14.5 Å². The Labute approximate surface area is 137 Å². The van der Waals surface area contributed by atoms with Gasteiger partial charge in [0.1, 0.15) is 5.82 Å². The van der Waals surface area contributed by atoms with Crippen molar-refractivity contribution in [3.63, 3.8) is 0 Å². The van der Waals surface area contributed by atoms with Gasteiger partial charge in [-0.3, -0.25) is 4.79 Å². The Morgan fingerprint density at radius 3 is 3.04 bits per heavy atom. The Morgan fingerprint density at radius 2 is 2.17 bits per heavy atom. The summed E-state index contributed by atoms with van der Waals surface area (Å²) in [5, 5.41) is 0. The number of fused-ring (bicyclic) bond motifs is 1. The molecule has 0 radical (unpaired) electrons. The minimum absolute atomic E-state index is 0.0693. The maximum absolute atomic E-state index is 12.7. The molecule has 0 N–H and O–H groups in total. The second kappa shape index (κ2) is 6.38. The number of rotatable bonds is 2. The van der Waals surface area contributed by atoms with Gasteiger partial charge < -0.3 is 14.2 Å². The van der Waals surface area contributed by atoms with Gasteiger partial charge in [0.2, 0.25) is 0 Å². The number of carbonyl (C=O) groups excluding carboxylic acids is 1. The summed E-state index contributed by atoms with van der Waals surface area (Å²) in [5.74, 6) is 2.18. The Kier molecular flexibility index (Phi) is 4.10. The third-order valence-electron chi connectivity index (χ3n) is 5.25. The zero-order chi connectivity index (χ0) is 15.6. The Bertz CT molecular complexity index is 620. The van der Waals surface area contributed by atoms with Gasteiger partial charge in [-0.1, -0.05) is 0 Å². The number of ether oxygens (including phenoxy) is 1. The maximum Gasteiger partial charge on any atom is 0.288 e. The van der Waals surface area contributed by atoms with Gasteiger partial charge in [-0.25, -0.2) is 4.98 Å². The number of aryl methyl sites for hydroxylation is 1. The average Bonchev–Trinajstić information content (AvgIpc) is 3.06. The van der Waals surface area contributed by atoms with Crippen LogP contribution in [0.2, 0.25) is 0 Å². The lowest BCUT2D eigenvalue weighted by Crippen LogP contribution is -2.41. The molecule has 1 aromatic heterocycles. The van der Waals surface area contributed by atoms with Crippen LogP contribution in [0, 0.1) is 0 Å². The second-order valence-electron chi connectivity index (χ2n) is 6.87. The van der Waals surface area contributed by atoms with Crippen LogP contribution in [0.1, 0.15) is 56.0 Å². The van der Waals surface area contributed by atoms with Gasteiger partial charge in [0.15, 0.2) is 5.76 Å². The van der Waals surface area contributed by atoms with Crippen LogP contribution in [0.3, 0.4) is 0 Å². The molecular formula is C18H25N3O2. The molecule has 5 heteroatoms. The number of aromatic nitrogens is 2. The van der Waals surface area contributed by atoms with E-state index in [1.54, 1.807) is 0 Å². The highest BCUT2D eigenvalue weighted by atomic mass is 16.5. The largest absolute Gasteiger partial charge is 0.488 e. The van der Waals surface area contributed by atoms with Gasteiger partial charge in [0, 0.05) is 37.4 Å². The first kappa shape index (κ1) is 14.8. The lowest BCUT2D eigenvalue weighted by atomic mass is 9.96. The highest BCUT2D eigenvalue weighted by molar-refractivity contribution is 5.91. The summed E-state index contributed by atoms with van der Waals surface area (Å²) in [6, 6.07) is 0. The van der Waals surface area contributed by atoms with Crippen LogP contribution in [-0.2, 0) is 22.5 Å². The van der Waals surface area contributed by atoms with Crippen LogP contribution >= 0.6 is 0 Å². The van der Waals surface area contributed by atoms with Crippen molar-refractivity contribution in [1.29, 1.82) is 0 Å². The normalized spacial score (nSPS) is 24.6. The third kappa shape index (κ3) is 2.89. The predicted octanol–water partition coefficient (Wildman–Crippen LogP) is 2.62. The van der Waals surface area contributed by atoms with Crippen LogP contribution < -0.4 is 0 Å². The first-order chi connectivity index (χ1) is 11.3. The quantitative estimate of drug-likeness (QED) is 0.843. The molecule has 1 amide bonds. The molecule has 3 aliphatic heterocycles. The Balaban J connectivity index is 1.50. The molecule has 4 rings (SSSR count). The first-order valence-corrected chi connectivity index (χ1v) is 8.99. The van der Waals surface area contributed by atoms with Gasteiger partial charge in [-0.15, -0.1) is 0 Å². The fourth-order valence-electron chi connectivity index (χ4n) is 4.02. The summed E-state index contributed by atoms with van der Waals surface area (Å²) in [5.41, 5.74) is 1.37. The molecule has 0 unspecified atom stereocenters. The number of imidazole rings is 1. The van der Waals surface area contributed by atoms with Gasteiger partial charge >= 0.3 is 0 Å². The van der Waals surface area contributed by atoms with Crippen molar-refractivity contribution < 1.29 is 9.53 Å². The number of amides is 1. The molecule has 23 heavy (non-hydrogen) atoms. The van der Waals surface area contributed by atoms with Gasteiger partial charge in [0.25, 0.3) is 5.91 Å². The maximum atomic E-state index is 12.7. The highest BCUT2D eigenvalue weighted by Gasteiger charge is 2.30. The molecule has 0 bridgehead atoms. The van der Waals surface area contributed by atoms with Crippen LogP contribution in [0.5, 0.6) is 0 Å². The molecule has 1 atom stereocenters. The van der Waals surface area contributed by atoms with E-state index < -0.39 is 0 Å². The molecule has 0 spiro atoms. The molecule has 5 nitrogen and oxygen atoms in total. The van der Waals surface area contributed by atoms with E-state index in [1.165, 1.54) is 24.4 Å². The Morgan fingerprint density at radius 1 is 1.22 bits per heavy atom. The molecule has 1 saturated heterocycles. The lowest BCUT2D eigenvalue weighted by Gasteiger charge is -2.34. The topological polar surface area (TPSA) is 47.4 Å². The summed E-state index contributed by atoms with van der Waals surface area (Å²) in [6.07, 6.45) is 11.8. The van der Waals surface area contributed by atoms with Crippen molar-refractivity contribution in [2.45, 2.75) is 57.4 Å². The van der Waals surface area contributed by atoms with Crippen LogP contribution in [0.4, 0.5) is 0 Å².